The first kappa shape index (κ1) is 11.9. The number of hydrogen-bond acceptors (Lipinski definition) is 2. The van der Waals surface area contributed by atoms with E-state index in [1.54, 1.807) is 0 Å². The van der Waals surface area contributed by atoms with Crippen molar-refractivity contribution >= 4 is 21.6 Å². The number of anilines is 1. The monoisotopic (exact) mass is 283 g/mol. The third kappa shape index (κ3) is 2.98. The second-order valence-corrected chi connectivity index (χ2v) is 5.49. The van der Waals surface area contributed by atoms with E-state index in [-0.39, 0.29) is 6.10 Å². The molecule has 0 spiro atoms. The van der Waals surface area contributed by atoms with Crippen molar-refractivity contribution in [1.29, 1.82) is 0 Å². The lowest BCUT2D eigenvalue weighted by atomic mass is 9.93. The third-order valence-electron chi connectivity index (χ3n) is 3.18. The van der Waals surface area contributed by atoms with Gasteiger partial charge in [-0.2, -0.15) is 0 Å². The molecule has 0 unspecified atom stereocenters. The highest BCUT2D eigenvalue weighted by Gasteiger charge is 2.19. The zero-order valence-electron chi connectivity index (χ0n) is 9.54. The molecule has 0 atom stereocenters. The maximum atomic E-state index is 9.45. The van der Waals surface area contributed by atoms with Crippen LogP contribution in [0.1, 0.15) is 31.2 Å². The van der Waals surface area contributed by atoms with E-state index >= 15 is 0 Å². The standard InChI is InChI=1S/C13H18BrNO/c1-9-2-7-12(14)13(8-9)15-10-3-5-11(16)6-4-10/h2,7-8,10-11,15-16H,3-6H2,1H3. The number of hydrogen-bond donors (Lipinski definition) is 2. The van der Waals surface area contributed by atoms with Gasteiger partial charge in [0.2, 0.25) is 0 Å². The molecule has 1 aromatic carbocycles. The molecule has 0 aliphatic heterocycles. The van der Waals surface area contributed by atoms with Crippen molar-refractivity contribution < 1.29 is 5.11 Å². The topological polar surface area (TPSA) is 32.3 Å². The van der Waals surface area contributed by atoms with Gasteiger partial charge in [0.05, 0.1) is 6.10 Å². The van der Waals surface area contributed by atoms with Gasteiger partial charge in [0, 0.05) is 16.2 Å². The van der Waals surface area contributed by atoms with Crippen LogP contribution < -0.4 is 5.32 Å². The number of halogens is 1. The Morgan fingerprint density at radius 1 is 1.25 bits per heavy atom. The quantitative estimate of drug-likeness (QED) is 0.871. The molecule has 0 amide bonds. The van der Waals surface area contributed by atoms with E-state index in [1.165, 1.54) is 11.3 Å². The van der Waals surface area contributed by atoms with E-state index in [0.717, 1.165) is 30.2 Å². The van der Waals surface area contributed by atoms with Crippen LogP contribution in [-0.2, 0) is 0 Å². The Bertz CT molecular complexity index is 359. The molecule has 2 rings (SSSR count). The number of rotatable bonds is 2. The molecule has 1 aliphatic rings. The zero-order chi connectivity index (χ0) is 11.5. The smallest absolute Gasteiger partial charge is 0.0541 e. The van der Waals surface area contributed by atoms with Crippen molar-refractivity contribution in [1.82, 2.24) is 0 Å². The zero-order valence-corrected chi connectivity index (χ0v) is 11.1. The van der Waals surface area contributed by atoms with E-state index in [4.69, 9.17) is 0 Å². The molecule has 1 fully saturated rings. The lowest BCUT2D eigenvalue weighted by Gasteiger charge is -2.27. The molecule has 0 bridgehead atoms. The molecule has 1 aliphatic carbocycles. The molecular formula is C13H18BrNO. The van der Waals surface area contributed by atoms with Gasteiger partial charge in [0.15, 0.2) is 0 Å². The van der Waals surface area contributed by atoms with E-state index in [1.807, 2.05) is 0 Å². The number of nitrogens with one attached hydrogen (secondary N) is 1. The summed E-state index contributed by atoms with van der Waals surface area (Å²) in [5.74, 6) is 0. The predicted molar refractivity (Wildman–Crippen MR) is 70.8 cm³/mol. The van der Waals surface area contributed by atoms with Gasteiger partial charge in [-0.05, 0) is 66.2 Å². The van der Waals surface area contributed by atoms with E-state index < -0.39 is 0 Å². The molecule has 2 N–H and O–H groups in total. The van der Waals surface area contributed by atoms with Crippen LogP contribution in [0.4, 0.5) is 5.69 Å². The Hall–Kier alpha value is -0.540. The van der Waals surface area contributed by atoms with Crippen LogP contribution in [0, 0.1) is 6.92 Å². The first-order valence-corrected chi connectivity index (χ1v) is 6.65. The van der Waals surface area contributed by atoms with Gasteiger partial charge in [-0.25, -0.2) is 0 Å². The van der Waals surface area contributed by atoms with Crippen molar-refractivity contribution in [2.24, 2.45) is 0 Å². The molecule has 2 nitrogen and oxygen atoms in total. The van der Waals surface area contributed by atoms with Gasteiger partial charge in [0.25, 0.3) is 0 Å². The average Bonchev–Trinajstić information content (AvgIpc) is 2.27. The minimum absolute atomic E-state index is 0.0843. The van der Waals surface area contributed by atoms with Crippen molar-refractivity contribution in [3.8, 4) is 0 Å². The third-order valence-corrected chi connectivity index (χ3v) is 3.87. The minimum atomic E-state index is -0.0843. The first-order valence-electron chi connectivity index (χ1n) is 5.86. The Kier molecular flexibility index (Phi) is 3.87. The first-order chi connectivity index (χ1) is 7.65. The van der Waals surface area contributed by atoms with Crippen LogP contribution in [0.25, 0.3) is 0 Å². The number of benzene rings is 1. The van der Waals surface area contributed by atoms with Crippen molar-refractivity contribution in [3.05, 3.63) is 28.2 Å². The molecule has 1 saturated carbocycles. The summed E-state index contributed by atoms with van der Waals surface area (Å²) < 4.78 is 1.12. The second kappa shape index (κ2) is 5.19. The van der Waals surface area contributed by atoms with Crippen molar-refractivity contribution in [2.75, 3.05) is 5.32 Å². The number of aliphatic hydroxyl groups is 1. The summed E-state index contributed by atoms with van der Waals surface area (Å²) in [7, 11) is 0. The van der Waals surface area contributed by atoms with Gasteiger partial charge in [-0.15, -0.1) is 0 Å². The Morgan fingerprint density at radius 2 is 1.94 bits per heavy atom. The van der Waals surface area contributed by atoms with Gasteiger partial charge in [0.1, 0.15) is 0 Å². The fourth-order valence-electron chi connectivity index (χ4n) is 2.19. The summed E-state index contributed by atoms with van der Waals surface area (Å²) in [6.45, 7) is 2.10. The Balaban J connectivity index is 2.00. The van der Waals surface area contributed by atoms with Crippen LogP contribution in [0.3, 0.4) is 0 Å². The molecule has 88 valence electrons. The highest BCUT2D eigenvalue weighted by Crippen LogP contribution is 2.27. The molecule has 0 heterocycles. The lowest BCUT2D eigenvalue weighted by Crippen LogP contribution is -2.28. The van der Waals surface area contributed by atoms with Gasteiger partial charge in [-0.3, -0.25) is 0 Å². The van der Waals surface area contributed by atoms with Crippen LogP contribution in [0.2, 0.25) is 0 Å². The van der Waals surface area contributed by atoms with E-state index in [9.17, 15) is 5.11 Å². The second-order valence-electron chi connectivity index (χ2n) is 4.63. The highest BCUT2D eigenvalue weighted by atomic mass is 79.9. The van der Waals surface area contributed by atoms with Crippen LogP contribution in [0.15, 0.2) is 22.7 Å². The fourth-order valence-corrected chi connectivity index (χ4v) is 2.55. The molecule has 0 saturated heterocycles. The van der Waals surface area contributed by atoms with Gasteiger partial charge < -0.3 is 10.4 Å². The summed E-state index contributed by atoms with van der Waals surface area (Å²) >= 11 is 3.56. The lowest BCUT2D eigenvalue weighted by molar-refractivity contribution is 0.126. The van der Waals surface area contributed by atoms with E-state index in [0.29, 0.717) is 6.04 Å². The number of aliphatic hydroxyl groups excluding tert-OH is 1. The van der Waals surface area contributed by atoms with Crippen molar-refractivity contribution in [2.45, 2.75) is 44.8 Å². The van der Waals surface area contributed by atoms with Gasteiger partial charge in [-0.1, -0.05) is 6.07 Å². The number of aryl methyl sites for hydroxylation is 1. The maximum Gasteiger partial charge on any atom is 0.0541 e. The summed E-state index contributed by atoms with van der Waals surface area (Å²) in [5, 5.41) is 13.0. The van der Waals surface area contributed by atoms with Crippen LogP contribution in [0.5, 0.6) is 0 Å². The minimum Gasteiger partial charge on any atom is -0.393 e. The van der Waals surface area contributed by atoms with Crippen molar-refractivity contribution in [3.63, 3.8) is 0 Å². The van der Waals surface area contributed by atoms with Gasteiger partial charge >= 0.3 is 0 Å². The predicted octanol–water partition coefficient (Wildman–Crippen LogP) is 3.47. The SMILES string of the molecule is Cc1ccc(Br)c(NC2CCC(O)CC2)c1. The van der Waals surface area contributed by atoms with Crippen LogP contribution >= 0.6 is 15.9 Å². The normalized spacial score (nSPS) is 25.4. The molecule has 3 heteroatoms. The van der Waals surface area contributed by atoms with E-state index in [2.05, 4.69) is 46.4 Å². The molecule has 16 heavy (non-hydrogen) atoms. The van der Waals surface area contributed by atoms with Crippen LogP contribution in [-0.4, -0.2) is 17.3 Å². The summed E-state index contributed by atoms with van der Waals surface area (Å²) in [4.78, 5) is 0. The highest BCUT2D eigenvalue weighted by molar-refractivity contribution is 9.10. The molecule has 0 radical (unpaired) electrons. The maximum absolute atomic E-state index is 9.45. The molecular weight excluding hydrogens is 266 g/mol. The Morgan fingerprint density at radius 3 is 2.62 bits per heavy atom. The average molecular weight is 284 g/mol. The molecule has 0 aromatic heterocycles. The Labute approximate surface area is 105 Å². The fraction of sp³-hybridized carbons (Fsp3) is 0.538. The summed E-state index contributed by atoms with van der Waals surface area (Å²) in [5.41, 5.74) is 2.43. The summed E-state index contributed by atoms with van der Waals surface area (Å²) in [6.07, 6.45) is 3.87. The largest absolute Gasteiger partial charge is 0.393 e. The summed E-state index contributed by atoms with van der Waals surface area (Å²) in [6, 6.07) is 6.84. The molecule has 1 aromatic rings.